The van der Waals surface area contributed by atoms with Gasteiger partial charge in [-0.1, -0.05) is 0 Å². The minimum atomic E-state index is -0.576. The van der Waals surface area contributed by atoms with Gasteiger partial charge in [0.1, 0.15) is 11.4 Å². The molecular formula is C12H13IN2O3. The van der Waals surface area contributed by atoms with E-state index in [-0.39, 0.29) is 11.5 Å². The van der Waals surface area contributed by atoms with E-state index < -0.39 is 5.66 Å². The molecule has 3 rings (SSSR count). The van der Waals surface area contributed by atoms with Crippen molar-refractivity contribution in [2.24, 2.45) is 0 Å². The molecule has 1 spiro atoms. The summed E-state index contributed by atoms with van der Waals surface area (Å²) in [7, 11) is 0. The van der Waals surface area contributed by atoms with E-state index in [2.05, 4.69) is 5.32 Å². The molecule has 0 radical (unpaired) electrons. The molecule has 1 amide bonds. The summed E-state index contributed by atoms with van der Waals surface area (Å²) in [6.07, 6.45) is 1.29. The smallest absolute Gasteiger partial charge is 0.270 e. The fraction of sp³-hybridized carbons (Fsp3) is 0.500. The van der Waals surface area contributed by atoms with Gasteiger partial charge < -0.3 is 10.1 Å². The summed E-state index contributed by atoms with van der Waals surface area (Å²) in [6, 6.07) is 1.77. The monoisotopic (exact) mass is 360 g/mol. The maximum absolute atomic E-state index is 12.4. The Morgan fingerprint density at radius 2 is 2.06 bits per heavy atom. The lowest BCUT2D eigenvalue weighted by Crippen LogP contribution is -2.51. The second kappa shape index (κ2) is 4.06. The summed E-state index contributed by atoms with van der Waals surface area (Å²) < 4.78 is 7.64. The highest BCUT2D eigenvalue weighted by Crippen LogP contribution is 2.32. The van der Waals surface area contributed by atoms with Crippen molar-refractivity contribution in [1.29, 1.82) is 0 Å². The van der Waals surface area contributed by atoms with Crippen molar-refractivity contribution in [3.63, 3.8) is 0 Å². The van der Waals surface area contributed by atoms with Gasteiger partial charge in [-0.25, -0.2) is 0 Å². The van der Waals surface area contributed by atoms with Crippen molar-refractivity contribution in [1.82, 2.24) is 9.88 Å². The fourth-order valence-corrected chi connectivity index (χ4v) is 3.49. The van der Waals surface area contributed by atoms with Crippen LogP contribution in [-0.2, 0) is 10.4 Å². The second-order valence-corrected chi connectivity index (χ2v) is 5.92. The maximum atomic E-state index is 12.4. The van der Waals surface area contributed by atoms with Gasteiger partial charge in [-0.15, -0.1) is 0 Å². The first kappa shape index (κ1) is 12.2. The number of rotatable bonds is 0. The van der Waals surface area contributed by atoms with Gasteiger partial charge in [0, 0.05) is 12.8 Å². The molecular weight excluding hydrogens is 347 g/mol. The van der Waals surface area contributed by atoms with Crippen molar-refractivity contribution in [2.45, 2.75) is 25.4 Å². The zero-order valence-electron chi connectivity index (χ0n) is 9.96. The van der Waals surface area contributed by atoms with Crippen molar-refractivity contribution >= 4 is 28.5 Å². The first-order valence-corrected chi connectivity index (χ1v) is 6.96. The summed E-state index contributed by atoms with van der Waals surface area (Å²) >= 11 is 2.03. The van der Waals surface area contributed by atoms with Crippen molar-refractivity contribution < 1.29 is 9.53 Å². The van der Waals surface area contributed by atoms with Gasteiger partial charge in [0.2, 0.25) is 0 Å². The summed E-state index contributed by atoms with van der Waals surface area (Å²) in [6.45, 7) is 3.00. The molecule has 0 aromatic carbocycles. The van der Waals surface area contributed by atoms with Crippen LogP contribution in [0.4, 0.5) is 0 Å². The van der Waals surface area contributed by atoms with Gasteiger partial charge in [-0.2, -0.15) is 0 Å². The SMILES string of the molecule is Cc1cc(I)c(=O)n2c1C(=O)NC21CCOCC1. The minimum Gasteiger partial charge on any atom is -0.381 e. The molecule has 18 heavy (non-hydrogen) atoms. The number of nitrogens with zero attached hydrogens (tertiary/aromatic N) is 1. The van der Waals surface area contributed by atoms with E-state index in [1.54, 1.807) is 10.6 Å². The quantitative estimate of drug-likeness (QED) is 0.702. The molecule has 2 aliphatic rings. The number of hydrogen-bond acceptors (Lipinski definition) is 3. The Morgan fingerprint density at radius 3 is 2.72 bits per heavy atom. The number of ether oxygens (including phenoxy) is 1. The van der Waals surface area contributed by atoms with E-state index in [4.69, 9.17) is 4.74 Å². The molecule has 0 saturated carbocycles. The predicted molar refractivity (Wildman–Crippen MR) is 73.6 cm³/mol. The summed E-state index contributed by atoms with van der Waals surface area (Å²) in [5, 5.41) is 2.98. The molecule has 5 nitrogen and oxygen atoms in total. The number of nitrogens with one attached hydrogen (secondary N) is 1. The van der Waals surface area contributed by atoms with Gasteiger partial charge in [-0.3, -0.25) is 14.2 Å². The van der Waals surface area contributed by atoms with E-state index >= 15 is 0 Å². The number of halogens is 1. The molecule has 96 valence electrons. The van der Waals surface area contributed by atoms with Crippen molar-refractivity contribution in [2.75, 3.05) is 13.2 Å². The van der Waals surface area contributed by atoms with E-state index in [0.29, 0.717) is 35.3 Å². The number of carbonyl (C=O) groups is 1. The maximum Gasteiger partial charge on any atom is 0.270 e. The Balaban J connectivity index is 2.29. The predicted octanol–water partition coefficient (Wildman–Crippen LogP) is 0.968. The van der Waals surface area contributed by atoms with E-state index in [0.717, 1.165) is 5.56 Å². The standard InChI is InChI=1S/C12H13IN2O3/c1-7-6-8(13)11(17)15-9(7)10(16)14-12(15)2-4-18-5-3-12/h6H,2-5H2,1H3,(H,14,16). The Morgan fingerprint density at radius 1 is 1.39 bits per heavy atom. The lowest BCUT2D eigenvalue weighted by atomic mass is 10.0. The first-order valence-electron chi connectivity index (χ1n) is 5.88. The summed E-state index contributed by atoms with van der Waals surface area (Å²) in [5.74, 6) is -0.150. The highest BCUT2D eigenvalue weighted by Gasteiger charge is 2.45. The lowest BCUT2D eigenvalue weighted by Gasteiger charge is -2.35. The van der Waals surface area contributed by atoms with Crippen LogP contribution in [0.15, 0.2) is 10.9 Å². The van der Waals surface area contributed by atoms with Crippen molar-refractivity contribution in [3.05, 3.63) is 31.2 Å². The summed E-state index contributed by atoms with van der Waals surface area (Å²) in [5.41, 5.74) is 0.687. The van der Waals surface area contributed by atoms with Crippen LogP contribution < -0.4 is 10.9 Å². The average Bonchev–Trinajstić information content (AvgIpc) is 2.60. The number of aryl methyl sites for hydroxylation is 1. The van der Waals surface area contributed by atoms with Crippen LogP contribution in [-0.4, -0.2) is 23.7 Å². The van der Waals surface area contributed by atoms with Crippen LogP contribution in [0, 0.1) is 10.5 Å². The molecule has 0 unspecified atom stereocenters. The Labute approximate surface area is 118 Å². The second-order valence-electron chi connectivity index (χ2n) is 4.76. The largest absolute Gasteiger partial charge is 0.381 e. The number of hydrogen-bond donors (Lipinski definition) is 1. The molecule has 1 aromatic rings. The van der Waals surface area contributed by atoms with Crippen LogP contribution in [0.1, 0.15) is 28.9 Å². The normalized spacial score (nSPS) is 20.9. The molecule has 0 bridgehead atoms. The Hall–Kier alpha value is -0.890. The number of pyridine rings is 1. The average molecular weight is 360 g/mol. The zero-order valence-corrected chi connectivity index (χ0v) is 12.1. The van der Waals surface area contributed by atoms with Crippen LogP contribution in [0.5, 0.6) is 0 Å². The third-order valence-corrected chi connectivity index (χ3v) is 4.43. The van der Waals surface area contributed by atoms with Gasteiger partial charge in [0.05, 0.1) is 16.8 Å². The van der Waals surface area contributed by atoms with E-state index in [9.17, 15) is 9.59 Å². The highest BCUT2D eigenvalue weighted by molar-refractivity contribution is 14.1. The van der Waals surface area contributed by atoms with Crippen LogP contribution in [0.3, 0.4) is 0 Å². The third kappa shape index (κ3) is 1.55. The molecule has 0 atom stereocenters. The van der Waals surface area contributed by atoms with Crippen LogP contribution in [0.25, 0.3) is 0 Å². The Kier molecular flexibility index (Phi) is 2.74. The van der Waals surface area contributed by atoms with E-state index in [1.807, 2.05) is 29.5 Å². The number of carbonyl (C=O) groups excluding carboxylic acids is 1. The zero-order chi connectivity index (χ0) is 12.9. The van der Waals surface area contributed by atoms with Gasteiger partial charge in [0.25, 0.3) is 11.5 Å². The third-order valence-electron chi connectivity index (χ3n) is 3.66. The number of aromatic nitrogens is 1. The highest BCUT2D eigenvalue weighted by atomic mass is 127. The summed E-state index contributed by atoms with van der Waals surface area (Å²) in [4.78, 5) is 24.5. The van der Waals surface area contributed by atoms with Gasteiger partial charge in [-0.05, 0) is 41.1 Å². The number of fused-ring (bicyclic) bond motifs is 2. The topological polar surface area (TPSA) is 60.3 Å². The van der Waals surface area contributed by atoms with Gasteiger partial charge >= 0.3 is 0 Å². The molecule has 1 fully saturated rings. The minimum absolute atomic E-state index is 0.0866. The molecule has 6 heteroatoms. The molecule has 1 N–H and O–H groups in total. The van der Waals surface area contributed by atoms with Gasteiger partial charge in [0.15, 0.2) is 0 Å². The Bertz CT molecular complexity index is 588. The molecule has 0 aliphatic carbocycles. The fourth-order valence-electron chi connectivity index (χ4n) is 2.78. The molecule has 2 aliphatic heterocycles. The molecule has 1 saturated heterocycles. The number of amides is 1. The van der Waals surface area contributed by atoms with Crippen molar-refractivity contribution in [3.8, 4) is 0 Å². The van der Waals surface area contributed by atoms with E-state index in [1.165, 1.54) is 0 Å². The molecule has 1 aromatic heterocycles. The molecule has 3 heterocycles. The first-order chi connectivity index (χ1) is 8.55. The van der Waals surface area contributed by atoms with Crippen LogP contribution in [0.2, 0.25) is 0 Å². The lowest BCUT2D eigenvalue weighted by molar-refractivity contribution is 0.0118. The van der Waals surface area contributed by atoms with Crippen LogP contribution >= 0.6 is 22.6 Å².